The van der Waals surface area contributed by atoms with Gasteiger partial charge in [0.25, 0.3) is 0 Å². The van der Waals surface area contributed by atoms with Crippen molar-refractivity contribution in [3.63, 3.8) is 0 Å². The number of aromatic nitrogens is 2. The van der Waals surface area contributed by atoms with E-state index in [1.165, 1.54) is 6.20 Å². The molecule has 35 heavy (non-hydrogen) atoms. The summed E-state index contributed by atoms with van der Waals surface area (Å²) in [7, 11) is -3.42. The van der Waals surface area contributed by atoms with E-state index in [-0.39, 0.29) is 11.5 Å². The van der Waals surface area contributed by atoms with Crippen molar-refractivity contribution in [3.8, 4) is 34.1 Å². The summed E-state index contributed by atoms with van der Waals surface area (Å²) in [6, 6.07) is 19.9. The first kappa shape index (κ1) is 23.9. The largest absolute Gasteiger partial charge is 0.462 e. The molecular weight excluding hydrogens is 462 g/mol. The Kier molecular flexibility index (Phi) is 6.54. The third-order valence-corrected chi connectivity index (χ3v) is 6.74. The molecule has 2 aromatic carbocycles. The SMILES string of the molecule is CCOC(=O)c1cc(-c2ccc(-c3cncc(C#N)c3)cc2)n(-c2cccc(S(C)(=O)=O)c2)c1C. The molecule has 0 bridgehead atoms. The molecular formula is C27H23N3O4S. The minimum atomic E-state index is -3.42. The average molecular weight is 486 g/mol. The van der Waals surface area contributed by atoms with E-state index in [0.717, 1.165) is 22.9 Å². The van der Waals surface area contributed by atoms with Gasteiger partial charge >= 0.3 is 5.97 Å². The Morgan fingerprint density at radius 1 is 1.03 bits per heavy atom. The monoisotopic (exact) mass is 485 g/mol. The van der Waals surface area contributed by atoms with Gasteiger partial charge in [0.2, 0.25) is 0 Å². The van der Waals surface area contributed by atoms with Gasteiger partial charge in [-0.3, -0.25) is 4.98 Å². The second kappa shape index (κ2) is 9.57. The number of hydrogen-bond acceptors (Lipinski definition) is 6. The normalized spacial score (nSPS) is 11.1. The van der Waals surface area contributed by atoms with E-state index in [1.54, 1.807) is 56.4 Å². The molecule has 4 rings (SSSR count). The molecule has 0 unspecified atom stereocenters. The lowest BCUT2D eigenvalue weighted by Gasteiger charge is -2.14. The summed E-state index contributed by atoms with van der Waals surface area (Å²) >= 11 is 0. The minimum Gasteiger partial charge on any atom is -0.462 e. The molecule has 176 valence electrons. The van der Waals surface area contributed by atoms with Gasteiger partial charge < -0.3 is 9.30 Å². The molecule has 0 aliphatic rings. The van der Waals surface area contributed by atoms with Crippen molar-refractivity contribution in [2.45, 2.75) is 18.7 Å². The van der Waals surface area contributed by atoms with Crippen LogP contribution in [0, 0.1) is 18.3 Å². The van der Waals surface area contributed by atoms with Crippen LogP contribution in [0.3, 0.4) is 0 Å². The third kappa shape index (κ3) is 4.86. The highest BCUT2D eigenvalue weighted by molar-refractivity contribution is 7.90. The summed E-state index contributed by atoms with van der Waals surface area (Å²) < 4.78 is 31.4. The summed E-state index contributed by atoms with van der Waals surface area (Å²) in [5.74, 6) is -0.444. The molecule has 0 radical (unpaired) electrons. The number of carbonyl (C=O) groups excluding carboxylic acids is 1. The number of benzene rings is 2. The van der Waals surface area contributed by atoms with Crippen molar-refractivity contribution < 1.29 is 17.9 Å². The molecule has 0 aliphatic heterocycles. The Morgan fingerprint density at radius 2 is 1.74 bits per heavy atom. The van der Waals surface area contributed by atoms with Crippen LogP contribution in [0.15, 0.2) is 78.0 Å². The van der Waals surface area contributed by atoms with E-state index in [9.17, 15) is 13.2 Å². The fourth-order valence-electron chi connectivity index (χ4n) is 3.91. The molecule has 4 aromatic rings. The van der Waals surface area contributed by atoms with E-state index in [0.29, 0.717) is 28.2 Å². The first-order chi connectivity index (χ1) is 16.7. The van der Waals surface area contributed by atoms with Crippen molar-refractivity contribution in [1.82, 2.24) is 9.55 Å². The number of pyridine rings is 1. The Bertz CT molecular complexity index is 1560. The van der Waals surface area contributed by atoms with Crippen molar-refractivity contribution in [2.75, 3.05) is 12.9 Å². The van der Waals surface area contributed by atoms with Crippen molar-refractivity contribution in [1.29, 1.82) is 5.26 Å². The Labute approximate surface area is 204 Å². The molecule has 7 nitrogen and oxygen atoms in total. The number of nitriles is 1. The fraction of sp³-hybridized carbons (Fsp3) is 0.148. The van der Waals surface area contributed by atoms with Crippen LogP contribution in [0.25, 0.3) is 28.1 Å². The highest BCUT2D eigenvalue weighted by Crippen LogP contribution is 2.32. The zero-order chi connectivity index (χ0) is 25.2. The number of hydrogen-bond donors (Lipinski definition) is 0. The lowest BCUT2D eigenvalue weighted by Crippen LogP contribution is -2.07. The lowest BCUT2D eigenvalue weighted by molar-refractivity contribution is 0.0525. The summed E-state index contributed by atoms with van der Waals surface area (Å²) in [5, 5.41) is 9.15. The highest BCUT2D eigenvalue weighted by atomic mass is 32.2. The van der Waals surface area contributed by atoms with Gasteiger partial charge in [0.15, 0.2) is 9.84 Å². The Morgan fingerprint density at radius 3 is 2.40 bits per heavy atom. The highest BCUT2D eigenvalue weighted by Gasteiger charge is 2.21. The van der Waals surface area contributed by atoms with Crippen LogP contribution in [0.4, 0.5) is 0 Å². The molecule has 0 N–H and O–H groups in total. The van der Waals surface area contributed by atoms with Crippen LogP contribution < -0.4 is 0 Å². The molecule has 0 fully saturated rings. The summed E-state index contributed by atoms with van der Waals surface area (Å²) in [5.41, 5.74) is 5.37. The van der Waals surface area contributed by atoms with Crippen molar-refractivity contribution >= 4 is 15.8 Å². The lowest BCUT2D eigenvalue weighted by atomic mass is 10.0. The van der Waals surface area contributed by atoms with Gasteiger partial charge in [-0.05, 0) is 55.3 Å². The zero-order valence-corrected chi connectivity index (χ0v) is 20.3. The summed E-state index contributed by atoms with van der Waals surface area (Å²) in [4.78, 5) is 17.0. The van der Waals surface area contributed by atoms with Crippen LogP contribution in [0.5, 0.6) is 0 Å². The second-order valence-corrected chi connectivity index (χ2v) is 10.0. The van der Waals surface area contributed by atoms with Crippen LogP contribution >= 0.6 is 0 Å². The second-order valence-electron chi connectivity index (χ2n) is 8.01. The molecule has 0 amide bonds. The predicted molar refractivity (Wildman–Crippen MR) is 133 cm³/mol. The quantitative estimate of drug-likeness (QED) is 0.358. The van der Waals surface area contributed by atoms with Gasteiger partial charge in [-0.2, -0.15) is 5.26 Å². The molecule has 2 aromatic heterocycles. The van der Waals surface area contributed by atoms with E-state index in [2.05, 4.69) is 11.1 Å². The smallest absolute Gasteiger partial charge is 0.339 e. The number of sulfone groups is 1. The van der Waals surface area contributed by atoms with Crippen molar-refractivity contribution in [3.05, 3.63) is 89.9 Å². The van der Waals surface area contributed by atoms with E-state index < -0.39 is 15.8 Å². The van der Waals surface area contributed by atoms with Crippen LogP contribution in [-0.2, 0) is 14.6 Å². The van der Waals surface area contributed by atoms with Gasteiger partial charge in [0, 0.05) is 35.6 Å². The standard InChI is InChI=1S/C27H23N3O4S/c1-4-34-27(31)25-14-26(30(18(25)2)23-6-5-7-24(13-23)35(3,32)33)21-10-8-20(9-11-21)22-12-19(15-28)16-29-17-22/h5-14,16-17H,4H2,1-3H3. The molecule has 2 heterocycles. The van der Waals surface area contributed by atoms with Crippen molar-refractivity contribution in [2.24, 2.45) is 0 Å². The van der Waals surface area contributed by atoms with Gasteiger partial charge in [0.1, 0.15) is 6.07 Å². The number of esters is 1. The number of rotatable bonds is 6. The Balaban J connectivity index is 1.86. The van der Waals surface area contributed by atoms with E-state index >= 15 is 0 Å². The minimum absolute atomic E-state index is 0.187. The van der Waals surface area contributed by atoms with Gasteiger partial charge in [0.05, 0.1) is 28.3 Å². The topological polar surface area (TPSA) is 102 Å². The molecule has 0 aliphatic carbocycles. The van der Waals surface area contributed by atoms with Gasteiger partial charge in [-0.25, -0.2) is 13.2 Å². The fourth-order valence-corrected chi connectivity index (χ4v) is 4.57. The van der Waals surface area contributed by atoms with E-state index in [1.807, 2.05) is 28.8 Å². The molecule has 0 spiro atoms. The van der Waals surface area contributed by atoms with Crippen LogP contribution in [-0.4, -0.2) is 36.8 Å². The maximum absolute atomic E-state index is 12.7. The first-order valence-corrected chi connectivity index (χ1v) is 12.8. The number of carbonyl (C=O) groups is 1. The Hall–Kier alpha value is -4.22. The zero-order valence-electron chi connectivity index (χ0n) is 19.5. The average Bonchev–Trinajstić information content (AvgIpc) is 3.21. The maximum atomic E-state index is 12.7. The molecule has 8 heteroatoms. The van der Waals surface area contributed by atoms with E-state index in [4.69, 9.17) is 10.00 Å². The number of nitrogens with zero attached hydrogens (tertiary/aromatic N) is 3. The van der Waals surface area contributed by atoms with Crippen LogP contribution in [0.1, 0.15) is 28.5 Å². The van der Waals surface area contributed by atoms with Crippen LogP contribution in [0.2, 0.25) is 0 Å². The number of ether oxygens (including phenoxy) is 1. The summed E-state index contributed by atoms with van der Waals surface area (Å²) in [6.45, 7) is 3.79. The van der Waals surface area contributed by atoms with Gasteiger partial charge in [-0.15, -0.1) is 0 Å². The molecule has 0 atom stereocenters. The first-order valence-electron chi connectivity index (χ1n) is 10.9. The molecule has 0 saturated carbocycles. The third-order valence-electron chi connectivity index (χ3n) is 5.63. The maximum Gasteiger partial charge on any atom is 0.339 e. The summed E-state index contributed by atoms with van der Waals surface area (Å²) in [6.07, 6.45) is 4.36. The van der Waals surface area contributed by atoms with Gasteiger partial charge in [-0.1, -0.05) is 30.3 Å². The molecule has 0 saturated heterocycles. The predicted octanol–water partition coefficient (Wildman–Crippen LogP) is 4.97.